The van der Waals surface area contributed by atoms with Gasteiger partial charge in [0, 0.05) is 74.2 Å². The second-order valence-electron chi connectivity index (χ2n) is 29.1. The van der Waals surface area contributed by atoms with Gasteiger partial charge < -0.3 is 65.2 Å². The highest BCUT2D eigenvalue weighted by Gasteiger charge is 2.50. The molecule has 0 radical (unpaired) electrons. The minimum atomic E-state index is -0.975. The molecule has 0 N–H and O–H groups in total. The SMILES string of the molecule is CC(C)(C)B1Cc2cc3c(cc2C1)OB(c1ccc(C(c2ccc(B4Oc5cc6c(cc5O4)OB(C(C)(C)C)O6)cc2)(c2ccc(B4Oc5cc6c(cc5O4)OB(C(C)(C)C)O6)cc2)c2ccc(B4Oc5cc6c(cc5O4)OB(C(C)(C)C)O6)cc2)cc1)O3. The lowest BCUT2D eigenvalue weighted by atomic mass is 9.33. The van der Waals surface area contributed by atoms with Crippen molar-refractivity contribution in [3.8, 4) is 80.5 Å². The molecule has 0 saturated heterocycles. The quantitative estimate of drug-likeness (QED) is 0.106. The summed E-state index contributed by atoms with van der Waals surface area (Å²) in [6, 6.07) is 49.5. The molecule has 0 amide bonds. The van der Waals surface area contributed by atoms with E-state index in [0.29, 0.717) is 75.7 Å². The van der Waals surface area contributed by atoms with Gasteiger partial charge in [0.05, 0.1) is 5.41 Å². The van der Waals surface area contributed by atoms with Crippen molar-refractivity contribution in [2.75, 3.05) is 0 Å². The Morgan fingerprint density at radius 1 is 0.236 bits per heavy atom. The van der Waals surface area contributed by atoms with E-state index in [1.807, 2.05) is 36.4 Å². The lowest BCUT2D eigenvalue weighted by Gasteiger charge is -2.37. The van der Waals surface area contributed by atoms with Gasteiger partial charge in [-0.2, -0.15) is 0 Å². The third-order valence-electron chi connectivity index (χ3n) is 18.3. The third-order valence-corrected chi connectivity index (χ3v) is 18.3. The first kappa shape index (κ1) is 55.8. The molecule has 0 atom stereocenters. The normalized spacial score (nSPS) is 16.4. The van der Waals surface area contributed by atoms with Gasteiger partial charge in [0.15, 0.2) is 6.71 Å². The van der Waals surface area contributed by atoms with Gasteiger partial charge >= 0.3 is 49.8 Å². The molecule has 8 aromatic rings. The van der Waals surface area contributed by atoms with E-state index >= 15 is 0 Å². The molecular formula is C67H64B8O14. The zero-order valence-corrected chi connectivity index (χ0v) is 52.1. The Morgan fingerprint density at radius 3 is 0.618 bits per heavy atom. The summed E-state index contributed by atoms with van der Waals surface area (Å²) >= 11 is 0. The summed E-state index contributed by atoms with van der Waals surface area (Å²) in [5.74, 6) is 8.79. The maximum Gasteiger partial charge on any atom is 0.632 e. The van der Waals surface area contributed by atoms with Crippen LogP contribution < -0.4 is 87.0 Å². The van der Waals surface area contributed by atoms with Crippen LogP contribution in [0.2, 0.25) is 21.3 Å². The average molecular weight is 1180 g/mol. The summed E-state index contributed by atoms with van der Waals surface area (Å²) in [5.41, 5.74) is 8.93. The van der Waals surface area contributed by atoms with Crippen LogP contribution in [0.3, 0.4) is 0 Å². The third kappa shape index (κ3) is 9.55. The summed E-state index contributed by atoms with van der Waals surface area (Å²) in [7, 11) is -4.10. The Balaban J connectivity index is 0.761. The van der Waals surface area contributed by atoms with E-state index in [1.54, 1.807) is 0 Å². The number of hydrogen-bond acceptors (Lipinski definition) is 14. The molecule has 89 heavy (non-hydrogen) atoms. The van der Waals surface area contributed by atoms with Crippen LogP contribution in [-0.4, -0.2) is 56.5 Å². The van der Waals surface area contributed by atoms with E-state index in [-0.39, 0.29) is 21.3 Å². The predicted octanol–water partition coefficient (Wildman–Crippen LogP) is 11.4. The van der Waals surface area contributed by atoms with Gasteiger partial charge in [0.1, 0.15) is 80.5 Å². The predicted molar refractivity (Wildman–Crippen MR) is 350 cm³/mol. The van der Waals surface area contributed by atoms with Crippen LogP contribution in [0.25, 0.3) is 0 Å². The molecule has 0 spiro atoms. The molecule has 16 rings (SSSR count). The molecule has 8 aliphatic heterocycles. The van der Waals surface area contributed by atoms with Crippen molar-refractivity contribution in [3.63, 3.8) is 0 Å². The zero-order valence-electron chi connectivity index (χ0n) is 52.1. The molecule has 0 bridgehead atoms. The first-order valence-electron chi connectivity index (χ1n) is 30.9. The smallest absolute Gasteiger partial charge is 0.523 e. The van der Waals surface area contributed by atoms with Gasteiger partial charge in [0.25, 0.3) is 0 Å². The molecule has 0 unspecified atom stereocenters. The fourth-order valence-electron chi connectivity index (χ4n) is 13.0. The van der Waals surface area contributed by atoms with Crippen molar-refractivity contribution in [1.82, 2.24) is 0 Å². The van der Waals surface area contributed by atoms with Crippen LogP contribution in [0.15, 0.2) is 146 Å². The van der Waals surface area contributed by atoms with Gasteiger partial charge in [-0.25, -0.2) is 0 Å². The van der Waals surface area contributed by atoms with Crippen molar-refractivity contribution < 1.29 is 65.2 Å². The van der Waals surface area contributed by atoms with Crippen molar-refractivity contribution in [3.05, 3.63) is 179 Å². The molecule has 0 saturated carbocycles. The molecule has 0 aromatic heterocycles. The van der Waals surface area contributed by atoms with E-state index < -0.39 is 55.2 Å². The Labute approximate surface area is 522 Å². The van der Waals surface area contributed by atoms with E-state index in [9.17, 15) is 0 Å². The van der Waals surface area contributed by atoms with Crippen LogP contribution in [-0.2, 0) is 18.1 Å². The van der Waals surface area contributed by atoms with Crippen molar-refractivity contribution in [1.29, 1.82) is 0 Å². The summed E-state index contributed by atoms with van der Waals surface area (Å²) in [5, 5.41) is -0.497. The van der Waals surface area contributed by atoms with Crippen molar-refractivity contribution >= 4 is 78.4 Å². The summed E-state index contributed by atoms with van der Waals surface area (Å²) < 4.78 is 90.0. The highest BCUT2D eigenvalue weighted by atomic mass is 16.7. The molecule has 440 valence electrons. The number of rotatable bonds is 8. The minimum absolute atomic E-state index is 0.203. The number of hydrogen-bond donors (Lipinski definition) is 0. The molecule has 0 fully saturated rings. The van der Waals surface area contributed by atoms with Crippen LogP contribution in [0.4, 0.5) is 0 Å². The maximum atomic E-state index is 6.66. The van der Waals surface area contributed by atoms with Gasteiger partial charge in [-0.05, 0) is 58.2 Å². The largest absolute Gasteiger partial charge is 0.632 e. The Morgan fingerprint density at radius 2 is 0.427 bits per heavy atom. The van der Waals surface area contributed by atoms with Gasteiger partial charge in [0.2, 0.25) is 0 Å². The van der Waals surface area contributed by atoms with Crippen molar-refractivity contribution in [2.45, 2.75) is 122 Å². The van der Waals surface area contributed by atoms with Gasteiger partial charge in [-0.3, -0.25) is 0 Å². The first-order valence-corrected chi connectivity index (χ1v) is 30.9. The van der Waals surface area contributed by atoms with E-state index in [2.05, 4.69) is 192 Å². The highest BCUT2D eigenvalue weighted by Crippen LogP contribution is 2.53. The van der Waals surface area contributed by atoms with Gasteiger partial charge in [-0.15, -0.1) is 0 Å². The molecule has 0 aliphatic carbocycles. The Bertz CT molecular complexity index is 3490. The second kappa shape index (κ2) is 19.7. The Hall–Kier alpha value is -8.52. The molecule has 8 heterocycles. The molecular weight excluding hydrogens is 1120 g/mol. The number of benzene rings is 8. The van der Waals surface area contributed by atoms with Crippen LogP contribution in [0.5, 0.6) is 80.5 Å². The second-order valence-corrected chi connectivity index (χ2v) is 29.1. The van der Waals surface area contributed by atoms with E-state index in [1.165, 1.54) is 11.1 Å². The van der Waals surface area contributed by atoms with Crippen LogP contribution in [0, 0.1) is 0 Å². The van der Waals surface area contributed by atoms with Gasteiger partial charge in [-0.1, -0.05) is 185 Å². The molecule has 14 nitrogen and oxygen atoms in total. The fraction of sp³-hybridized carbons (Fsp3) is 0.284. The molecule has 8 aliphatic rings. The summed E-state index contributed by atoms with van der Waals surface area (Å²) in [6.45, 7) is 26.3. The zero-order chi connectivity index (χ0) is 61.3. The monoisotopic (exact) mass is 1180 g/mol. The highest BCUT2D eigenvalue weighted by molar-refractivity contribution is 6.66. The number of fused-ring (bicyclic) bond motifs is 8. The maximum absolute atomic E-state index is 6.66. The van der Waals surface area contributed by atoms with E-state index in [0.717, 1.165) is 68.2 Å². The molecule has 22 heteroatoms. The topological polar surface area (TPSA) is 129 Å². The average Bonchev–Trinajstić information content (AvgIpc) is 1.26. The fourth-order valence-corrected chi connectivity index (χ4v) is 13.0. The Kier molecular flexibility index (Phi) is 12.4. The van der Waals surface area contributed by atoms with Crippen LogP contribution >= 0.6 is 0 Å². The van der Waals surface area contributed by atoms with Crippen LogP contribution in [0.1, 0.15) is 116 Å². The summed E-state index contributed by atoms with van der Waals surface area (Å²) in [6.07, 6.45) is 2.05. The van der Waals surface area contributed by atoms with E-state index in [4.69, 9.17) is 65.2 Å². The molecule has 8 aromatic carbocycles. The first-order chi connectivity index (χ1) is 42.4. The lowest BCUT2D eigenvalue weighted by Crippen LogP contribution is -2.41. The lowest BCUT2D eigenvalue weighted by molar-refractivity contribution is 0.438. The summed E-state index contributed by atoms with van der Waals surface area (Å²) in [4.78, 5) is 0. The van der Waals surface area contributed by atoms with Crippen molar-refractivity contribution in [2.24, 2.45) is 0 Å². The standard InChI is InChI=1S/C67H64B8O14/c1-63(2,3)68-37-39-29-49-50(30-40(39)38-68)77-69(76-49)45-21-13-41(14-22-45)67(42-15-23-46(24-16-42)70-78-51-31-57-58(32-52(51)79-70)85-73(84-57)64(4,5)6,43-17-25-47(26-18-43)71-80-53-33-59-60(34-54(53)81-71)87-74(86-59)65(7,8)9)44-19-27-48(28-20-44)72-82-55-35-61-62(36-56(55)83-72)89-75(88-61)66(10,11)12/h13-36H,37-38H2,1-12H3. The minimum Gasteiger partial charge on any atom is -0.523 e.